The van der Waals surface area contributed by atoms with Gasteiger partial charge in [-0.3, -0.25) is 9.89 Å². The summed E-state index contributed by atoms with van der Waals surface area (Å²) >= 11 is 0. The van der Waals surface area contributed by atoms with E-state index in [0.29, 0.717) is 6.42 Å². The molecule has 2 aliphatic rings. The van der Waals surface area contributed by atoms with Gasteiger partial charge in [0.1, 0.15) is 0 Å². The van der Waals surface area contributed by atoms with Gasteiger partial charge in [0.15, 0.2) is 0 Å². The highest BCUT2D eigenvalue weighted by Crippen LogP contribution is 2.19. The lowest BCUT2D eigenvalue weighted by Gasteiger charge is -2.26. The lowest BCUT2D eigenvalue weighted by molar-refractivity contribution is -0.122. The fourth-order valence-electron chi connectivity index (χ4n) is 3.49. The molecule has 0 spiro atoms. The fraction of sp³-hybridized carbons (Fsp3) is 0.750. The van der Waals surface area contributed by atoms with E-state index in [1.807, 2.05) is 6.20 Å². The molecule has 1 aromatic heterocycles. The SMILES string of the molecule is O=C(CCCN1CCCCC1)N[C@@H]1CCc2[nH]ncc2C1. The van der Waals surface area contributed by atoms with Gasteiger partial charge < -0.3 is 10.2 Å². The van der Waals surface area contributed by atoms with Gasteiger partial charge in [-0.1, -0.05) is 6.42 Å². The number of hydrogen-bond donors (Lipinski definition) is 2. The van der Waals surface area contributed by atoms with E-state index in [-0.39, 0.29) is 11.9 Å². The maximum atomic E-state index is 12.1. The Morgan fingerprint density at radius 2 is 2.24 bits per heavy atom. The van der Waals surface area contributed by atoms with Crippen LogP contribution in [0.5, 0.6) is 0 Å². The second-order valence-electron chi connectivity index (χ2n) is 6.39. The van der Waals surface area contributed by atoms with Crippen LogP contribution in [0.2, 0.25) is 0 Å². The highest BCUT2D eigenvalue weighted by Gasteiger charge is 2.21. The first-order chi connectivity index (χ1) is 10.3. The zero-order chi connectivity index (χ0) is 14.5. The lowest BCUT2D eigenvalue weighted by atomic mass is 9.93. The van der Waals surface area contributed by atoms with Crippen molar-refractivity contribution < 1.29 is 4.79 Å². The van der Waals surface area contributed by atoms with E-state index in [2.05, 4.69) is 20.4 Å². The van der Waals surface area contributed by atoms with Crippen LogP contribution in [0.25, 0.3) is 0 Å². The molecule has 2 N–H and O–H groups in total. The molecule has 5 nitrogen and oxygen atoms in total. The minimum atomic E-state index is 0.212. The minimum Gasteiger partial charge on any atom is -0.353 e. The Morgan fingerprint density at radius 1 is 1.38 bits per heavy atom. The lowest BCUT2D eigenvalue weighted by Crippen LogP contribution is -2.39. The van der Waals surface area contributed by atoms with Gasteiger partial charge in [0.25, 0.3) is 0 Å². The number of H-pyrrole nitrogens is 1. The molecule has 1 saturated heterocycles. The number of nitrogens with zero attached hydrogens (tertiary/aromatic N) is 2. The van der Waals surface area contributed by atoms with Crippen molar-refractivity contribution in [3.05, 3.63) is 17.5 Å². The van der Waals surface area contributed by atoms with Gasteiger partial charge in [0.2, 0.25) is 5.91 Å². The number of rotatable bonds is 5. The first-order valence-electron chi connectivity index (χ1n) is 8.34. The van der Waals surface area contributed by atoms with E-state index < -0.39 is 0 Å². The number of likely N-dealkylation sites (tertiary alicyclic amines) is 1. The van der Waals surface area contributed by atoms with E-state index in [1.54, 1.807) is 0 Å². The Bertz CT molecular complexity index is 465. The Labute approximate surface area is 126 Å². The first kappa shape index (κ1) is 14.6. The molecule has 1 fully saturated rings. The van der Waals surface area contributed by atoms with E-state index in [4.69, 9.17) is 0 Å². The predicted octanol–water partition coefficient (Wildman–Crippen LogP) is 1.65. The van der Waals surface area contributed by atoms with Crippen molar-refractivity contribution in [1.29, 1.82) is 0 Å². The fourth-order valence-corrected chi connectivity index (χ4v) is 3.49. The van der Waals surface area contributed by atoms with Crippen LogP contribution in [0.4, 0.5) is 0 Å². The summed E-state index contributed by atoms with van der Waals surface area (Å²) in [6.07, 6.45) is 10.5. The van der Waals surface area contributed by atoms with E-state index >= 15 is 0 Å². The van der Waals surface area contributed by atoms with Gasteiger partial charge in [-0.15, -0.1) is 0 Å². The summed E-state index contributed by atoms with van der Waals surface area (Å²) in [6, 6.07) is 0.289. The molecule has 0 bridgehead atoms. The molecule has 1 aromatic rings. The van der Waals surface area contributed by atoms with Crippen LogP contribution in [0.3, 0.4) is 0 Å². The van der Waals surface area contributed by atoms with Crippen molar-refractivity contribution >= 4 is 5.91 Å². The standard InChI is InChI=1S/C16H26N4O/c21-16(5-4-10-20-8-2-1-3-9-20)18-14-6-7-15-13(11-14)12-17-19-15/h12,14H,1-11H2,(H,17,19)(H,18,21)/t14-/m1/s1. The highest BCUT2D eigenvalue weighted by atomic mass is 16.1. The summed E-state index contributed by atoms with van der Waals surface area (Å²) in [5.74, 6) is 0.212. The molecule has 1 aliphatic heterocycles. The molecular formula is C16H26N4O. The average Bonchev–Trinajstić information content (AvgIpc) is 2.96. The largest absolute Gasteiger partial charge is 0.353 e. The number of aromatic amines is 1. The summed E-state index contributed by atoms with van der Waals surface area (Å²) < 4.78 is 0. The van der Waals surface area contributed by atoms with Gasteiger partial charge in [0, 0.05) is 18.2 Å². The molecule has 0 aromatic carbocycles. The Kier molecular flexibility index (Phi) is 4.91. The highest BCUT2D eigenvalue weighted by molar-refractivity contribution is 5.76. The number of aromatic nitrogens is 2. The molecule has 116 valence electrons. The van der Waals surface area contributed by atoms with Gasteiger partial charge in [-0.05, 0) is 63.7 Å². The summed E-state index contributed by atoms with van der Waals surface area (Å²) in [5.41, 5.74) is 2.51. The number of piperidine rings is 1. The van der Waals surface area contributed by atoms with Crippen LogP contribution in [0.1, 0.15) is 49.8 Å². The van der Waals surface area contributed by atoms with Crippen LogP contribution in [-0.2, 0) is 17.6 Å². The minimum absolute atomic E-state index is 0.212. The number of fused-ring (bicyclic) bond motifs is 1. The molecule has 5 heteroatoms. The second kappa shape index (κ2) is 7.07. The predicted molar refractivity (Wildman–Crippen MR) is 82.1 cm³/mol. The first-order valence-corrected chi connectivity index (χ1v) is 8.34. The monoisotopic (exact) mass is 290 g/mol. The third-order valence-electron chi connectivity index (χ3n) is 4.71. The van der Waals surface area contributed by atoms with Crippen LogP contribution in [0.15, 0.2) is 6.20 Å². The van der Waals surface area contributed by atoms with Crippen molar-refractivity contribution in [3.8, 4) is 0 Å². The Hall–Kier alpha value is -1.36. The zero-order valence-corrected chi connectivity index (χ0v) is 12.7. The third-order valence-corrected chi connectivity index (χ3v) is 4.71. The van der Waals surface area contributed by atoms with Crippen molar-refractivity contribution in [2.75, 3.05) is 19.6 Å². The maximum absolute atomic E-state index is 12.1. The van der Waals surface area contributed by atoms with E-state index in [0.717, 1.165) is 32.2 Å². The Morgan fingerprint density at radius 3 is 3.10 bits per heavy atom. The van der Waals surface area contributed by atoms with Gasteiger partial charge in [0.05, 0.1) is 6.20 Å². The van der Waals surface area contributed by atoms with Crippen LogP contribution in [-0.4, -0.2) is 46.7 Å². The average molecular weight is 290 g/mol. The van der Waals surface area contributed by atoms with Gasteiger partial charge >= 0.3 is 0 Å². The van der Waals surface area contributed by atoms with Crippen LogP contribution in [0, 0.1) is 0 Å². The third kappa shape index (κ3) is 4.06. The summed E-state index contributed by atoms with van der Waals surface area (Å²) in [5, 5.41) is 10.3. The quantitative estimate of drug-likeness (QED) is 0.867. The molecule has 1 atom stereocenters. The maximum Gasteiger partial charge on any atom is 0.220 e. The summed E-state index contributed by atoms with van der Waals surface area (Å²) in [4.78, 5) is 14.5. The second-order valence-corrected chi connectivity index (χ2v) is 6.39. The van der Waals surface area contributed by atoms with Crippen molar-refractivity contribution in [3.63, 3.8) is 0 Å². The topological polar surface area (TPSA) is 61.0 Å². The normalized spacial score (nSPS) is 22.8. The summed E-state index contributed by atoms with van der Waals surface area (Å²) in [6.45, 7) is 3.50. The van der Waals surface area contributed by atoms with Crippen LogP contribution >= 0.6 is 0 Å². The molecule has 2 heterocycles. The smallest absolute Gasteiger partial charge is 0.220 e. The van der Waals surface area contributed by atoms with Crippen molar-refractivity contribution in [2.45, 2.75) is 57.4 Å². The number of amides is 1. The summed E-state index contributed by atoms with van der Waals surface area (Å²) in [7, 11) is 0. The van der Waals surface area contributed by atoms with Crippen LogP contribution < -0.4 is 5.32 Å². The molecule has 3 rings (SSSR count). The number of aryl methyl sites for hydroxylation is 1. The molecule has 0 unspecified atom stereocenters. The number of carbonyl (C=O) groups is 1. The molecule has 1 amide bonds. The molecule has 1 aliphatic carbocycles. The van der Waals surface area contributed by atoms with Crippen molar-refractivity contribution in [2.24, 2.45) is 0 Å². The van der Waals surface area contributed by atoms with Crippen molar-refractivity contribution in [1.82, 2.24) is 20.4 Å². The molecule has 21 heavy (non-hydrogen) atoms. The van der Waals surface area contributed by atoms with Gasteiger partial charge in [-0.2, -0.15) is 5.10 Å². The number of hydrogen-bond acceptors (Lipinski definition) is 3. The Balaban J connectivity index is 1.35. The molecule has 0 saturated carbocycles. The van der Waals surface area contributed by atoms with E-state index in [9.17, 15) is 4.79 Å². The number of nitrogens with one attached hydrogen (secondary N) is 2. The van der Waals surface area contributed by atoms with Gasteiger partial charge in [-0.25, -0.2) is 0 Å². The molecular weight excluding hydrogens is 264 g/mol. The van der Waals surface area contributed by atoms with E-state index in [1.165, 1.54) is 43.6 Å². The molecule has 0 radical (unpaired) electrons. The zero-order valence-electron chi connectivity index (χ0n) is 12.7. The number of carbonyl (C=O) groups excluding carboxylic acids is 1.